The lowest BCUT2D eigenvalue weighted by molar-refractivity contribution is -0.757. The molecule has 0 heterocycles. The number of nitrogens with zero attached hydrogens (tertiary/aromatic N) is 1. The van der Waals surface area contributed by atoms with Crippen LogP contribution in [0.3, 0.4) is 0 Å². The maximum Gasteiger partial charge on any atom is 0.407 e. The van der Waals surface area contributed by atoms with Gasteiger partial charge in [0.2, 0.25) is 0 Å². The summed E-state index contributed by atoms with van der Waals surface area (Å²) in [7, 11) is 0. The average Bonchev–Trinajstić information content (AvgIpc) is 2.49. The Morgan fingerprint density at radius 2 is 1.87 bits per heavy atom. The molecule has 0 fully saturated rings. The Labute approximate surface area is 134 Å². The van der Waals surface area contributed by atoms with Crippen LogP contribution in [-0.2, 0) is 19.1 Å². The van der Waals surface area contributed by atoms with E-state index in [9.17, 15) is 19.7 Å². The minimum absolute atomic E-state index is 0.0931. The lowest BCUT2D eigenvalue weighted by Crippen LogP contribution is -2.27. The fraction of sp³-hybridized carbons (Fsp3) is 0.846. The van der Waals surface area contributed by atoms with E-state index >= 15 is 0 Å². The number of nitrogens with two attached hydrogens (primary N) is 1. The SMILES string of the molecule is NC(CCCCNC(=O)OCCCCCCO[N+](=O)[O-])OC=O. The molecule has 0 saturated heterocycles. The highest BCUT2D eigenvalue weighted by molar-refractivity contribution is 5.66. The lowest BCUT2D eigenvalue weighted by atomic mass is 10.2. The predicted molar refractivity (Wildman–Crippen MR) is 79.7 cm³/mol. The second-order valence-corrected chi connectivity index (χ2v) is 4.80. The number of ether oxygens (including phenoxy) is 2. The Hall–Kier alpha value is -2.10. The van der Waals surface area contributed by atoms with E-state index in [0.29, 0.717) is 45.3 Å². The number of carbonyl (C=O) groups is 2. The molecule has 0 rings (SSSR count). The fourth-order valence-electron chi connectivity index (χ4n) is 1.71. The Morgan fingerprint density at radius 1 is 1.17 bits per heavy atom. The molecule has 0 aliphatic heterocycles. The summed E-state index contributed by atoms with van der Waals surface area (Å²) >= 11 is 0. The van der Waals surface area contributed by atoms with Crippen molar-refractivity contribution < 1.29 is 29.0 Å². The van der Waals surface area contributed by atoms with Crippen molar-refractivity contribution in [1.29, 1.82) is 0 Å². The molecule has 0 saturated carbocycles. The Kier molecular flexibility index (Phi) is 13.5. The van der Waals surface area contributed by atoms with Crippen molar-refractivity contribution in [3.63, 3.8) is 0 Å². The molecular weight excluding hydrogens is 310 g/mol. The van der Waals surface area contributed by atoms with Crippen LogP contribution in [0, 0.1) is 10.1 Å². The van der Waals surface area contributed by atoms with Gasteiger partial charge in [-0.05, 0) is 38.5 Å². The van der Waals surface area contributed by atoms with Crippen LogP contribution in [0.25, 0.3) is 0 Å². The maximum absolute atomic E-state index is 11.3. The van der Waals surface area contributed by atoms with Crippen LogP contribution in [0.15, 0.2) is 0 Å². The van der Waals surface area contributed by atoms with Crippen LogP contribution in [0.4, 0.5) is 4.79 Å². The molecule has 1 atom stereocenters. The first kappa shape index (κ1) is 20.9. The number of alkyl carbamates (subject to hydrolysis) is 1. The molecule has 1 amide bonds. The Bertz CT molecular complexity index is 342. The first-order valence-electron chi connectivity index (χ1n) is 7.59. The minimum Gasteiger partial charge on any atom is -0.450 e. The molecule has 23 heavy (non-hydrogen) atoms. The monoisotopic (exact) mass is 335 g/mol. The summed E-state index contributed by atoms with van der Waals surface area (Å²) < 4.78 is 9.49. The average molecular weight is 335 g/mol. The van der Waals surface area contributed by atoms with E-state index in [4.69, 9.17) is 10.5 Å². The predicted octanol–water partition coefficient (Wildman–Crippen LogP) is 1.11. The molecular formula is C13H25N3O7. The van der Waals surface area contributed by atoms with Crippen molar-refractivity contribution in [1.82, 2.24) is 5.32 Å². The van der Waals surface area contributed by atoms with Gasteiger partial charge in [0.25, 0.3) is 11.6 Å². The number of nitrogens with one attached hydrogen (secondary N) is 1. The zero-order valence-corrected chi connectivity index (χ0v) is 13.1. The zero-order valence-electron chi connectivity index (χ0n) is 13.1. The highest BCUT2D eigenvalue weighted by Gasteiger charge is 2.03. The molecule has 0 aromatic carbocycles. The molecule has 10 heteroatoms. The van der Waals surface area contributed by atoms with E-state index in [0.717, 1.165) is 19.3 Å². The number of amides is 1. The topological polar surface area (TPSA) is 143 Å². The van der Waals surface area contributed by atoms with Gasteiger partial charge in [-0.3, -0.25) is 10.5 Å². The third-order valence-electron chi connectivity index (χ3n) is 2.88. The van der Waals surface area contributed by atoms with Gasteiger partial charge in [-0.25, -0.2) is 4.79 Å². The minimum atomic E-state index is -0.809. The molecule has 1 unspecified atom stereocenters. The second-order valence-electron chi connectivity index (χ2n) is 4.80. The largest absolute Gasteiger partial charge is 0.450 e. The van der Waals surface area contributed by atoms with E-state index in [1.807, 2.05) is 0 Å². The molecule has 0 radical (unpaired) electrons. The number of hydrogen-bond donors (Lipinski definition) is 2. The second kappa shape index (κ2) is 14.8. The van der Waals surface area contributed by atoms with Crippen LogP contribution >= 0.6 is 0 Å². The third-order valence-corrected chi connectivity index (χ3v) is 2.88. The summed E-state index contributed by atoms with van der Waals surface area (Å²) in [6, 6.07) is 0. The lowest BCUT2D eigenvalue weighted by Gasteiger charge is -2.09. The van der Waals surface area contributed by atoms with Crippen molar-refractivity contribution in [2.45, 2.75) is 51.2 Å². The molecule has 0 aliphatic rings. The molecule has 3 N–H and O–H groups in total. The number of hydrogen-bond acceptors (Lipinski definition) is 8. The highest BCUT2D eigenvalue weighted by Crippen LogP contribution is 2.01. The standard InChI is InChI=1S/C13H25N3O7/c14-12(22-11-17)7-3-4-8-15-13(18)21-9-5-1-2-6-10-23-16(19)20/h11-12H,1-10,14H2,(H,15,18). The van der Waals surface area contributed by atoms with E-state index in [-0.39, 0.29) is 6.61 Å². The fourth-order valence-corrected chi connectivity index (χ4v) is 1.71. The van der Waals surface area contributed by atoms with Gasteiger partial charge in [0.1, 0.15) is 0 Å². The van der Waals surface area contributed by atoms with Crippen LogP contribution in [0.5, 0.6) is 0 Å². The summed E-state index contributed by atoms with van der Waals surface area (Å²) in [5, 5.41) is 11.7. The van der Waals surface area contributed by atoms with E-state index in [1.165, 1.54) is 0 Å². The van der Waals surface area contributed by atoms with Gasteiger partial charge in [-0.1, -0.05) is 6.42 Å². The van der Waals surface area contributed by atoms with Crippen LogP contribution < -0.4 is 11.1 Å². The number of carbonyl (C=O) groups excluding carboxylic acids is 2. The van der Waals surface area contributed by atoms with E-state index in [2.05, 4.69) is 14.9 Å². The first-order chi connectivity index (χ1) is 11.1. The summed E-state index contributed by atoms with van der Waals surface area (Å²) in [6.07, 6.45) is 3.78. The van der Waals surface area contributed by atoms with Gasteiger partial charge in [-0.15, -0.1) is 10.1 Å². The van der Waals surface area contributed by atoms with Crippen molar-refractivity contribution in [3.8, 4) is 0 Å². The Morgan fingerprint density at radius 3 is 2.52 bits per heavy atom. The highest BCUT2D eigenvalue weighted by atomic mass is 16.9. The molecule has 134 valence electrons. The molecule has 0 aromatic heterocycles. The van der Waals surface area contributed by atoms with Crippen LogP contribution in [0.2, 0.25) is 0 Å². The molecule has 0 bridgehead atoms. The Balaban J connectivity index is 3.28. The molecule has 10 nitrogen and oxygen atoms in total. The maximum atomic E-state index is 11.3. The van der Waals surface area contributed by atoms with Gasteiger partial charge in [-0.2, -0.15) is 0 Å². The first-order valence-corrected chi connectivity index (χ1v) is 7.59. The quantitative estimate of drug-likeness (QED) is 0.149. The summed E-state index contributed by atoms with van der Waals surface area (Å²) in [6.45, 7) is 1.18. The van der Waals surface area contributed by atoms with Gasteiger partial charge in [0, 0.05) is 6.54 Å². The zero-order chi connectivity index (χ0) is 17.3. The molecule has 0 spiro atoms. The van der Waals surface area contributed by atoms with Crippen molar-refractivity contribution in [2.24, 2.45) is 5.73 Å². The normalized spacial score (nSPS) is 11.3. The van der Waals surface area contributed by atoms with Crippen molar-refractivity contribution in [3.05, 3.63) is 10.1 Å². The molecule has 0 aromatic rings. The summed E-state index contributed by atoms with van der Waals surface area (Å²) in [5.41, 5.74) is 5.46. The van der Waals surface area contributed by atoms with Crippen molar-refractivity contribution >= 4 is 12.6 Å². The summed E-state index contributed by atoms with van der Waals surface area (Å²) in [5.74, 6) is 0. The number of rotatable bonds is 15. The van der Waals surface area contributed by atoms with Crippen LogP contribution in [0.1, 0.15) is 44.9 Å². The summed E-state index contributed by atoms with van der Waals surface area (Å²) in [4.78, 5) is 35.4. The van der Waals surface area contributed by atoms with E-state index in [1.54, 1.807) is 0 Å². The van der Waals surface area contributed by atoms with Gasteiger partial charge >= 0.3 is 6.09 Å². The van der Waals surface area contributed by atoms with Gasteiger partial charge in [0.15, 0.2) is 6.23 Å². The smallest absolute Gasteiger partial charge is 0.407 e. The van der Waals surface area contributed by atoms with Gasteiger partial charge in [0.05, 0.1) is 13.2 Å². The van der Waals surface area contributed by atoms with Crippen LogP contribution in [-0.4, -0.2) is 43.6 Å². The van der Waals surface area contributed by atoms with Gasteiger partial charge < -0.3 is 19.6 Å². The van der Waals surface area contributed by atoms with Crippen molar-refractivity contribution in [2.75, 3.05) is 19.8 Å². The molecule has 0 aliphatic carbocycles. The van der Waals surface area contributed by atoms with E-state index < -0.39 is 17.4 Å². The number of unbranched alkanes of at least 4 members (excludes halogenated alkanes) is 4. The third kappa shape index (κ3) is 16.1.